The van der Waals surface area contributed by atoms with Gasteiger partial charge in [0.2, 0.25) is 0 Å². The molecule has 2 saturated heterocycles. The standard InChI is InChI=1S/C6H10O3/c7-5-2-1-4-3-8-6(5)9-4/h4-7H,1-3H2/t4-,5+,6-/m1/s1. The first-order valence-electron chi connectivity index (χ1n) is 3.31. The van der Waals surface area contributed by atoms with Crippen LogP contribution in [0.15, 0.2) is 0 Å². The monoisotopic (exact) mass is 130 g/mol. The zero-order valence-electron chi connectivity index (χ0n) is 5.12. The predicted octanol–water partition coefficient (Wildman–Crippen LogP) is -0.117. The van der Waals surface area contributed by atoms with Crippen LogP contribution in [0.5, 0.6) is 0 Å². The SMILES string of the molecule is O[C@H]1CC[C@@H]2CO[C@@H]1O2. The fourth-order valence-corrected chi connectivity index (χ4v) is 1.32. The maximum absolute atomic E-state index is 9.15. The average Bonchev–Trinajstić information content (AvgIpc) is 2.25. The van der Waals surface area contributed by atoms with Crippen LogP contribution in [0.3, 0.4) is 0 Å². The van der Waals surface area contributed by atoms with Gasteiger partial charge in [-0.1, -0.05) is 0 Å². The number of hydrogen-bond donors (Lipinski definition) is 1. The largest absolute Gasteiger partial charge is 0.388 e. The van der Waals surface area contributed by atoms with Crippen molar-refractivity contribution in [1.29, 1.82) is 0 Å². The lowest BCUT2D eigenvalue weighted by molar-refractivity contribution is -0.152. The first-order valence-corrected chi connectivity index (χ1v) is 3.31. The number of aliphatic hydroxyl groups excluding tert-OH is 1. The van der Waals surface area contributed by atoms with E-state index in [1.807, 2.05) is 0 Å². The molecule has 0 aliphatic carbocycles. The van der Waals surface area contributed by atoms with Gasteiger partial charge in [0.15, 0.2) is 6.29 Å². The van der Waals surface area contributed by atoms with Crippen molar-refractivity contribution >= 4 is 0 Å². The van der Waals surface area contributed by atoms with Gasteiger partial charge < -0.3 is 14.6 Å². The molecule has 9 heavy (non-hydrogen) atoms. The molecule has 2 heterocycles. The molecule has 0 spiro atoms. The first kappa shape index (κ1) is 5.65. The van der Waals surface area contributed by atoms with Gasteiger partial charge in [-0.15, -0.1) is 0 Å². The van der Waals surface area contributed by atoms with E-state index >= 15 is 0 Å². The van der Waals surface area contributed by atoms with Gasteiger partial charge in [0.25, 0.3) is 0 Å². The van der Waals surface area contributed by atoms with E-state index in [0.717, 1.165) is 12.8 Å². The Morgan fingerprint density at radius 2 is 2.22 bits per heavy atom. The second kappa shape index (κ2) is 1.94. The summed E-state index contributed by atoms with van der Waals surface area (Å²) < 4.78 is 10.4. The van der Waals surface area contributed by atoms with E-state index in [4.69, 9.17) is 14.6 Å². The third kappa shape index (κ3) is 0.852. The smallest absolute Gasteiger partial charge is 0.183 e. The van der Waals surface area contributed by atoms with Gasteiger partial charge in [-0.2, -0.15) is 0 Å². The Labute approximate surface area is 53.6 Å². The molecule has 2 rings (SSSR count). The van der Waals surface area contributed by atoms with Crippen molar-refractivity contribution in [3.05, 3.63) is 0 Å². The molecule has 3 atom stereocenters. The Bertz CT molecular complexity index is 115. The normalized spacial score (nSPS) is 49.7. The molecule has 2 aliphatic rings. The minimum Gasteiger partial charge on any atom is -0.388 e. The number of ether oxygens (including phenoxy) is 2. The highest BCUT2D eigenvalue weighted by atomic mass is 16.7. The summed E-state index contributed by atoms with van der Waals surface area (Å²) >= 11 is 0. The lowest BCUT2D eigenvalue weighted by Gasteiger charge is -2.22. The van der Waals surface area contributed by atoms with Gasteiger partial charge in [-0.25, -0.2) is 0 Å². The van der Waals surface area contributed by atoms with Crippen LogP contribution in [-0.2, 0) is 9.47 Å². The van der Waals surface area contributed by atoms with Crippen LogP contribution in [0.2, 0.25) is 0 Å². The third-order valence-electron chi connectivity index (χ3n) is 1.87. The maximum atomic E-state index is 9.15. The molecule has 52 valence electrons. The second-order valence-electron chi connectivity index (χ2n) is 2.60. The Hall–Kier alpha value is -0.120. The Balaban J connectivity index is 2.05. The molecule has 3 heteroatoms. The van der Waals surface area contributed by atoms with Crippen molar-refractivity contribution < 1.29 is 14.6 Å². The number of hydrogen-bond acceptors (Lipinski definition) is 3. The molecule has 0 radical (unpaired) electrons. The number of fused-ring (bicyclic) bond motifs is 2. The minimum atomic E-state index is -0.385. The van der Waals surface area contributed by atoms with Crippen LogP contribution >= 0.6 is 0 Å². The molecule has 2 aliphatic heterocycles. The Morgan fingerprint density at radius 1 is 1.33 bits per heavy atom. The quantitative estimate of drug-likeness (QED) is 0.497. The number of aliphatic hydroxyl groups is 1. The Morgan fingerprint density at radius 3 is 3.00 bits per heavy atom. The van der Waals surface area contributed by atoms with Crippen molar-refractivity contribution in [3.63, 3.8) is 0 Å². The number of rotatable bonds is 0. The molecule has 0 aromatic carbocycles. The lowest BCUT2D eigenvalue weighted by Crippen LogP contribution is -2.32. The van der Waals surface area contributed by atoms with Gasteiger partial charge in [0, 0.05) is 0 Å². The van der Waals surface area contributed by atoms with Gasteiger partial charge in [0.1, 0.15) is 6.10 Å². The van der Waals surface area contributed by atoms with Crippen LogP contribution in [0, 0.1) is 0 Å². The molecule has 3 nitrogen and oxygen atoms in total. The Kier molecular flexibility index (Phi) is 1.22. The summed E-state index contributed by atoms with van der Waals surface area (Å²) in [6.45, 7) is 0.668. The summed E-state index contributed by atoms with van der Waals surface area (Å²) in [6, 6.07) is 0. The molecule has 1 N–H and O–H groups in total. The summed E-state index contributed by atoms with van der Waals surface area (Å²) in [7, 11) is 0. The van der Waals surface area contributed by atoms with E-state index in [1.54, 1.807) is 0 Å². The molecular weight excluding hydrogens is 120 g/mol. The molecule has 2 fully saturated rings. The fourth-order valence-electron chi connectivity index (χ4n) is 1.32. The van der Waals surface area contributed by atoms with Gasteiger partial charge in [-0.05, 0) is 12.8 Å². The molecule has 2 bridgehead atoms. The van der Waals surface area contributed by atoms with Crippen molar-refractivity contribution in [3.8, 4) is 0 Å². The summed E-state index contributed by atoms with van der Waals surface area (Å²) in [5.74, 6) is 0. The fraction of sp³-hybridized carbons (Fsp3) is 1.00. The van der Waals surface area contributed by atoms with E-state index in [9.17, 15) is 0 Å². The molecule has 0 aromatic heterocycles. The van der Waals surface area contributed by atoms with Crippen molar-refractivity contribution in [2.24, 2.45) is 0 Å². The molecular formula is C6H10O3. The summed E-state index contributed by atoms with van der Waals surface area (Å²) in [5.41, 5.74) is 0. The summed E-state index contributed by atoms with van der Waals surface area (Å²) in [6.07, 6.45) is 1.33. The van der Waals surface area contributed by atoms with Crippen molar-refractivity contribution in [1.82, 2.24) is 0 Å². The van der Waals surface area contributed by atoms with Crippen LogP contribution in [0.25, 0.3) is 0 Å². The molecule has 0 saturated carbocycles. The molecule has 0 amide bonds. The maximum Gasteiger partial charge on any atom is 0.183 e. The zero-order chi connectivity index (χ0) is 6.27. The highest BCUT2D eigenvalue weighted by Crippen LogP contribution is 2.26. The van der Waals surface area contributed by atoms with Crippen LogP contribution in [0.4, 0.5) is 0 Å². The summed E-state index contributed by atoms with van der Waals surface area (Å²) in [5, 5.41) is 9.15. The third-order valence-corrected chi connectivity index (χ3v) is 1.87. The van der Waals surface area contributed by atoms with Crippen LogP contribution < -0.4 is 0 Å². The van der Waals surface area contributed by atoms with Gasteiger partial charge in [0.05, 0.1) is 12.7 Å². The second-order valence-corrected chi connectivity index (χ2v) is 2.60. The highest BCUT2D eigenvalue weighted by molar-refractivity contribution is 4.77. The van der Waals surface area contributed by atoms with Crippen LogP contribution in [0.1, 0.15) is 12.8 Å². The predicted molar refractivity (Wildman–Crippen MR) is 29.9 cm³/mol. The first-order chi connectivity index (χ1) is 4.36. The summed E-state index contributed by atoms with van der Waals surface area (Å²) in [4.78, 5) is 0. The lowest BCUT2D eigenvalue weighted by atomic mass is 10.1. The van der Waals surface area contributed by atoms with E-state index in [2.05, 4.69) is 0 Å². The molecule has 0 aromatic rings. The topological polar surface area (TPSA) is 38.7 Å². The highest BCUT2D eigenvalue weighted by Gasteiger charge is 2.36. The van der Waals surface area contributed by atoms with E-state index in [1.165, 1.54) is 0 Å². The van der Waals surface area contributed by atoms with Crippen molar-refractivity contribution in [2.45, 2.75) is 31.3 Å². The van der Waals surface area contributed by atoms with E-state index in [-0.39, 0.29) is 18.5 Å². The zero-order valence-corrected chi connectivity index (χ0v) is 5.12. The minimum absolute atomic E-state index is 0.262. The average molecular weight is 130 g/mol. The molecule has 0 unspecified atom stereocenters. The van der Waals surface area contributed by atoms with Crippen molar-refractivity contribution in [2.75, 3.05) is 6.61 Å². The van der Waals surface area contributed by atoms with Crippen LogP contribution in [-0.4, -0.2) is 30.2 Å². The van der Waals surface area contributed by atoms with Gasteiger partial charge in [-0.3, -0.25) is 0 Å². The van der Waals surface area contributed by atoms with E-state index in [0.29, 0.717) is 6.61 Å². The van der Waals surface area contributed by atoms with Gasteiger partial charge >= 0.3 is 0 Å². The van der Waals surface area contributed by atoms with E-state index < -0.39 is 0 Å².